The summed E-state index contributed by atoms with van der Waals surface area (Å²) in [5.74, 6) is 0.367. The second-order valence-corrected chi connectivity index (χ2v) is 11.3. The van der Waals surface area contributed by atoms with Crippen LogP contribution in [0.2, 0.25) is 0 Å². The molecule has 194 valence electrons. The number of benzene rings is 2. The second kappa shape index (κ2) is 11.3. The lowest BCUT2D eigenvalue weighted by Crippen LogP contribution is -2.43. The lowest BCUT2D eigenvalue weighted by molar-refractivity contribution is -0.127. The quantitative estimate of drug-likeness (QED) is 0.278. The van der Waals surface area contributed by atoms with Crippen LogP contribution in [0.25, 0.3) is 11.3 Å². The molecule has 3 aromatic rings. The van der Waals surface area contributed by atoms with E-state index in [0.717, 1.165) is 55.3 Å². The van der Waals surface area contributed by atoms with E-state index in [0.29, 0.717) is 24.8 Å². The number of amides is 1. The maximum Gasteiger partial charge on any atom is 0.258 e. The molecule has 0 unspecified atom stereocenters. The zero-order valence-electron chi connectivity index (χ0n) is 22.0. The van der Waals surface area contributed by atoms with Gasteiger partial charge in [-0.15, -0.1) is 0 Å². The topological polar surface area (TPSA) is 55.2 Å². The van der Waals surface area contributed by atoms with Crippen molar-refractivity contribution in [3.63, 3.8) is 0 Å². The summed E-state index contributed by atoms with van der Waals surface area (Å²) in [4.78, 5) is 34.4. The molecule has 0 N–H and O–H groups in total. The average molecular weight is 516 g/mol. The zero-order valence-corrected chi connectivity index (χ0v) is 22.9. The molecule has 1 heterocycles. The van der Waals surface area contributed by atoms with Gasteiger partial charge in [-0.3, -0.25) is 14.2 Å². The Balaban J connectivity index is 1.61. The number of fused-ring (bicyclic) bond motifs is 4. The highest BCUT2D eigenvalue weighted by molar-refractivity contribution is 7.99. The van der Waals surface area contributed by atoms with E-state index in [1.165, 1.54) is 29.3 Å². The Morgan fingerprint density at radius 3 is 2.43 bits per heavy atom. The van der Waals surface area contributed by atoms with Crippen molar-refractivity contribution in [3.8, 4) is 11.3 Å². The van der Waals surface area contributed by atoms with Gasteiger partial charge in [0.05, 0.1) is 17.0 Å². The van der Waals surface area contributed by atoms with Crippen molar-refractivity contribution >= 4 is 17.7 Å². The Bertz CT molecular complexity index is 1310. The summed E-state index contributed by atoms with van der Waals surface area (Å²) < 4.78 is 1.87. The second-order valence-electron chi connectivity index (χ2n) is 10.3. The molecule has 37 heavy (non-hydrogen) atoms. The molecule has 0 aliphatic heterocycles. The van der Waals surface area contributed by atoms with Gasteiger partial charge >= 0.3 is 0 Å². The van der Waals surface area contributed by atoms with Gasteiger partial charge in [0.2, 0.25) is 5.91 Å². The summed E-state index contributed by atoms with van der Waals surface area (Å²) >= 11 is 1.41. The van der Waals surface area contributed by atoms with Gasteiger partial charge < -0.3 is 4.90 Å². The first-order valence-corrected chi connectivity index (χ1v) is 14.7. The van der Waals surface area contributed by atoms with Gasteiger partial charge in [-0.2, -0.15) is 0 Å². The van der Waals surface area contributed by atoms with Gasteiger partial charge in [0.1, 0.15) is 0 Å². The highest BCUT2D eigenvalue weighted by Crippen LogP contribution is 2.48. The highest BCUT2D eigenvalue weighted by Gasteiger charge is 2.43. The van der Waals surface area contributed by atoms with Gasteiger partial charge in [-0.25, -0.2) is 4.98 Å². The maximum atomic E-state index is 14.4. The van der Waals surface area contributed by atoms with Gasteiger partial charge in [0, 0.05) is 30.6 Å². The standard InChI is InChI=1S/C31H37N3O2S/c1-3-33(4-2)26(35)22-37-30-32-28-25-16-10-9-15-24(25)21-31(18-11-6-12-19-31)27(28)29(36)34(30)20-17-23-13-7-5-8-14-23/h5,7-10,13-16H,3-4,6,11-12,17-22H2,1-2H3. The van der Waals surface area contributed by atoms with E-state index in [-0.39, 0.29) is 22.6 Å². The van der Waals surface area contributed by atoms with Crippen LogP contribution in [0.3, 0.4) is 0 Å². The largest absolute Gasteiger partial charge is 0.343 e. The lowest BCUT2D eigenvalue weighted by atomic mass is 9.62. The van der Waals surface area contributed by atoms with Crippen LogP contribution >= 0.6 is 11.8 Å². The Morgan fingerprint density at radius 2 is 1.70 bits per heavy atom. The summed E-state index contributed by atoms with van der Waals surface area (Å²) in [7, 11) is 0. The zero-order chi connectivity index (χ0) is 25.8. The van der Waals surface area contributed by atoms with Crippen LogP contribution in [0.5, 0.6) is 0 Å². The molecule has 5 rings (SSSR count). The minimum absolute atomic E-state index is 0.0840. The summed E-state index contributed by atoms with van der Waals surface area (Å²) in [6.45, 7) is 5.93. The first-order chi connectivity index (χ1) is 18.1. The molecule has 1 fully saturated rings. The van der Waals surface area contributed by atoms with Crippen molar-refractivity contribution < 1.29 is 4.79 Å². The Kier molecular flexibility index (Phi) is 7.84. The number of hydrogen-bond donors (Lipinski definition) is 0. The fourth-order valence-corrected chi connectivity index (χ4v) is 7.13. The van der Waals surface area contributed by atoms with Crippen molar-refractivity contribution in [3.05, 3.63) is 81.6 Å². The number of carbonyl (C=O) groups is 1. The third kappa shape index (κ3) is 5.13. The molecule has 1 amide bonds. The van der Waals surface area contributed by atoms with Crippen molar-refractivity contribution in [1.82, 2.24) is 14.5 Å². The molecule has 6 heteroatoms. The average Bonchev–Trinajstić information content (AvgIpc) is 2.93. The number of carbonyl (C=O) groups excluding carboxylic acids is 1. The fraction of sp³-hybridized carbons (Fsp3) is 0.452. The first kappa shape index (κ1) is 25.8. The molecular formula is C31H37N3O2S. The van der Waals surface area contributed by atoms with Crippen LogP contribution < -0.4 is 5.56 Å². The van der Waals surface area contributed by atoms with Crippen LogP contribution in [-0.2, 0) is 29.6 Å². The van der Waals surface area contributed by atoms with Crippen LogP contribution in [0.15, 0.2) is 64.5 Å². The molecule has 0 saturated heterocycles. The molecule has 1 aromatic heterocycles. The SMILES string of the molecule is CCN(CC)C(=O)CSc1nc2c(c(=O)n1CCc1ccccc1)C1(CCCCC1)Cc1ccccc1-2. The van der Waals surface area contributed by atoms with Crippen molar-refractivity contribution in [2.75, 3.05) is 18.8 Å². The Morgan fingerprint density at radius 1 is 1.00 bits per heavy atom. The number of rotatable bonds is 8. The molecule has 1 saturated carbocycles. The molecule has 0 radical (unpaired) electrons. The minimum Gasteiger partial charge on any atom is -0.343 e. The summed E-state index contributed by atoms with van der Waals surface area (Å²) in [5, 5.41) is 0.655. The van der Waals surface area contributed by atoms with E-state index in [1.54, 1.807) is 0 Å². The molecular weight excluding hydrogens is 478 g/mol. The van der Waals surface area contributed by atoms with Gasteiger partial charge in [-0.1, -0.05) is 85.6 Å². The number of aryl methyl sites for hydroxylation is 1. The van der Waals surface area contributed by atoms with Crippen molar-refractivity contribution in [2.24, 2.45) is 0 Å². The first-order valence-electron chi connectivity index (χ1n) is 13.7. The van der Waals surface area contributed by atoms with Crippen LogP contribution in [0, 0.1) is 0 Å². The minimum atomic E-state index is -0.138. The number of thioether (sulfide) groups is 1. The predicted molar refractivity (Wildman–Crippen MR) is 151 cm³/mol. The lowest BCUT2D eigenvalue weighted by Gasteiger charge is -2.42. The third-order valence-electron chi connectivity index (χ3n) is 8.18. The number of hydrogen-bond acceptors (Lipinski definition) is 4. The van der Waals surface area contributed by atoms with E-state index in [4.69, 9.17) is 4.98 Å². The van der Waals surface area contributed by atoms with E-state index in [2.05, 4.69) is 30.3 Å². The van der Waals surface area contributed by atoms with Gasteiger partial charge in [-0.05, 0) is 50.7 Å². The van der Waals surface area contributed by atoms with Gasteiger partial charge in [0.15, 0.2) is 5.16 Å². The predicted octanol–water partition coefficient (Wildman–Crippen LogP) is 5.87. The van der Waals surface area contributed by atoms with E-state index >= 15 is 0 Å². The van der Waals surface area contributed by atoms with Crippen LogP contribution in [0.1, 0.15) is 62.6 Å². The van der Waals surface area contributed by atoms with E-state index < -0.39 is 0 Å². The van der Waals surface area contributed by atoms with E-state index in [9.17, 15) is 9.59 Å². The highest BCUT2D eigenvalue weighted by atomic mass is 32.2. The molecule has 2 aromatic carbocycles. The molecule has 1 spiro atoms. The van der Waals surface area contributed by atoms with Crippen LogP contribution in [0.4, 0.5) is 0 Å². The molecule has 5 nitrogen and oxygen atoms in total. The Labute approximate surface area is 224 Å². The molecule has 0 atom stereocenters. The van der Waals surface area contributed by atoms with Crippen molar-refractivity contribution in [1.29, 1.82) is 0 Å². The van der Waals surface area contributed by atoms with Crippen LogP contribution in [-0.4, -0.2) is 39.2 Å². The third-order valence-corrected chi connectivity index (χ3v) is 9.15. The number of nitrogens with zero attached hydrogens (tertiary/aromatic N) is 3. The summed E-state index contributed by atoms with van der Waals surface area (Å²) in [5.41, 5.74) is 5.29. The van der Waals surface area contributed by atoms with E-state index in [1.807, 2.05) is 47.6 Å². The smallest absolute Gasteiger partial charge is 0.258 e. The normalized spacial score (nSPS) is 15.7. The molecule has 0 bridgehead atoms. The summed E-state index contributed by atoms with van der Waals surface area (Å²) in [6, 6.07) is 18.7. The molecule has 2 aliphatic rings. The monoisotopic (exact) mass is 515 g/mol. The van der Waals surface area contributed by atoms with Gasteiger partial charge in [0.25, 0.3) is 5.56 Å². The molecule has 2 aliphatic carbocycles. The fourth-order valence-electron chi connectivity index (χ4n) is 6.21. The van der Waals surface area contributed by atoms with Crippen molar-refractivity contribution in [2.45, 2.75) is 75.9 Å². The summed E-state index contributed by atoms with van der Waals surface area (Å²) in [6.07, 6.45) is 7.28. The number of aromatic nitrogens is 2. The maximum absolute atomic E-state index is 14.4. The Hall–Kier alpha value is -2.86.